The molecule has 0 unspecified atom stereocenters. The first-order chi connectivity index (χ1) is 8.49. The molecule has 18 heavy (non-hydrogen) atoms. The van der Waals surface area contributed by atoms with Crippen LogP contribution in [0.1, 0.15) is 27.2 Å². The Balaban J connectivity index is 2.25. The Morgan fingerprint density at radius 3 is 2.44 bits per heavy atom. The Hall–Kier alpha value is -0.670. The topological polar surface area (TPSA) is 29.1 Å². The second-order valence-corrected chi connectivity index (χ2v) is 6.26. The number of benzene rings is 1. The molecule has 0 aliphatic carbocycles. The highest BCUT2D eigenvalue weighted by atomic mass is 35.5. The Morgan fingerprint density at radius 2 is 1.89 bits per heavy atom. The molecule has 100 valence electrons. The molecule has 0 heterocycles. The van der Waals surface area contributed by atoms with Crippen molar-refractivity contribution < 1.29 is 4.79 Å². The van der Waals surface area contributed by atoms with E-state index in [1.807, 2.05) is 31.2 Å². The van der Waals surface area contributed by atoms with Gasteiger partial charge < -0.3 is 5.32 Å². The molecule has 1 amide bonds. The lowest BCUT2D eigenvalue weighted by Gasteiger charge is -2.17. The zero-order valence-electron chi connectivity index (χ0n) is 11.1. The van der Waals surface area contributed by atoms with Crippen molar-refractivity contribution in [3.05, 3.63) is 29.3 Å². The van der Waals surface area contributed by atoms with Crippen LogP contribution in [0.25, 0.3) is 0 Å². The molecule has 1 N–H and O–H groups in total. The predicted octanol–water partition coefficient (Wildman–Crippen LogP) is 3.98. The van der Waals surface area contributed by atoms with Gasteiger partial charge in [0.05, 0.1) is 0 Å². The van der Waals surface area contributed by atoms with Crippen molar-refractivity contribution in [1.29, 1.82) is 0 Å². The van der Waals surface area contributed by atoms with E-state index < -0.39 is 0 Å². The third-order valence-electron chi connectivity index (χ3n) is 2.80. The Kier molecular flexibility index (Phi) is 6.58. The van der Waals surface area contributed by atoms with Crippen molar-refractivity contribution in [3.8, 4) is 0 Å². The summed E-state index contributed by atoms with van der Waals surface area (Å²) >= 11 is 7.48. The monoisotopic (exact) mass is 285 g/mol. The Morgan fingerprint density at radius 1 is 1.28 bits per heavy atom. The smallest absolute Gasteiger partial charge is 0.221 e. The maximum absolute atomic E-state index is 11.7. The van der Waals surface area contributed by atoms with E-state index in [1.54, 1.807) is 11.8 Å². The maximum atomic E-state index is 11.7. The number of amides is 1. The van der Waals surface area contributed by atoms with Gasteiger partial charge >= 0.3 is 0 Å². The van der Waals surface area contributed by atoms with Gasteiger partial charge in [0.2, 0.25) is 5.91 Å². The number of halogens is 1. The first-order valence-corrected chi connectivity index (χ1v) is 7.53. The fourth-order valence-corrected chi connectivity index (χ4v) is 2.26. The van der Waals surface area contributed by atoms with Crippen LogP contribution >= 0.6 is 23.4 Å². The first-order valence-electron chi connectivity index (χ1n) is 6.16. The molecule has 0 aromatic heterocycles. The Labute approximate surface area is 118 Å². The van der Waals surface area contributed by atoms with Crippen LogP contribution in [-0.2, 0) is 4.79 Å². The van der Waals surface area contributed by atoms with E-state index in [-0.39, 0.29) is 11.9 Å². The SMILES string of the molecule is CC(C)[C@@H](C)NC(=O)CCSc1ccc(Cl)cc1. The normalized spacial score (nSPS) is 12.5. The number of rotatable bonds is 6. The minimum atomic E-state index is 0.123. The summed E-state index contributed by atoms with van der Waals surface area (Å²) in [6.45, 7) is 6.25. The zero-order chi connectivity index (χ0) is 13.5. The molecule has 1 atom stereocenters. The molecule has 4 heteroatoms. The van der Waals surface area contributed by atoms with Crippen LogP contribution in [0.3, 0.4) is 0 Å². The molecule has 0 fully saturated rings. The molecule has 0 bridgehead atoms. The maximum Gasteiger partial charge on any atom is 0.221 e. The minimum absolute atomic E-state index is 0.123. The van der Waals surface area contributed by atoms with Gasteiger partial charge in [-0.2, -0.15) is 0 Å². The minimum Gasteiger partial charge on any atom is -0.353 e. The van der Waals surface area contributed by atoms with E-state index in [4.69, 9.17) is 11.6 Å². The van der Waals surface area contributed by atoms with Gasteiger partial charge in [0.1, 0.15) is 0 Å². The van der Waals surface area contributed by atoms with Crippen molar-refractivity contribution in [2.45, 2.75) is 38.1 Å². The number of hydrogen-bond acceptors (Lipinski definition) is 2. The largest absolute Gasteiger partial charge is 0.353 e. The van der Waals surface area contributed by atoms with Gasteiger partial charge in [0, 0.05) is 28.1 Å². The highest BCUT2D eigenvalue weighted by molar-refractivity contribution is 7.99. The number of thioether (sulfide) groups is 1. The van der Waals surface area contributed by atoms with Crippen LogP contribution in [-0.4, -0.2) is 17.7 Å². The molecular formula is C14H20ClNOS. The van der Waals surface area contributed by atoms with Gasteiger partial charge in [0.25, 0.3) is 0 Å². The van der Waals surface area contributed by atoms with Gasteiger partial charge in [0.15, 0.2) is 0 Å². The third kappa shape index (κ3) is 5.78. The molecule has 0 radical (unpaired) electrons. The number of hydrogen-bond donors (Lipinski definition) is 1. The average Bonchev–Trinajstić information content (AvgIpc) is 2.31. The molecule has 0 saturated carbocycles. The average molecular weight is 286 g/mol. The third-order valence-corrected chi connectivity index (χ3v) is 4.07. The lowest BCUT2D eigenvalue weighted by atomic mass is 10.1. The summed E-state index contributed by atoms with van der Waals surface area (Å²) in [6, 6.07) is 7.91. The second kappa shape index (κ2) is 7.70. The van der Waals surface area contributed by atoms with E-state index in [2.05, 4.69) is 19.2 Å². The molecule has 0 aliphatic rings. The first kappa shape index (κ1) is 15.4. The summed E-state index contributed by atoms with van der Waals surface area (Å²) in [5.41, 5.74) is 0. The van der Waals surface area contributed by atoms with E-state index >= 15 is 0 Å². The van der Waals surface area contributed by atoms with Gasteiger partial charge in [-0.3, -0.25) is 4.79 Å². The molecule has 2 nitrogen and oxygen atoms in total. The number of nitrogens with one attached hydrogen (secondary N) is 1. The van der Waals surface area contributed by atoms with E-state index in [9.17, 15) is 4.79 Å². The van der Waals surface area contributed by atoms with E-state index in [1.165, 1.54) is 0 Å². The van der Waals surface area contributed by atoms with E-state index in [0.29, 0.717) is 12.3 Å². The van der Waals surface area contributed by atoms with Gasteiger partial charge in [-0.15, -0.1) is 11.8 Å². The summed E-state index contributed by atoms with van der Waals surface area (Å²) in [5, 5.41) is 3.74. The second-order valence-electron chi connectivity index (χ2n) is 4.65. The van der Waals surface area contributed by atoms with Crippen molar-refractivity contribution in [1.82, 2.24) is 5.32 Å². The predicted molar refractivity (Wildman–Crippen MR) is 79.2 cm³/mol. The molecular weight excluding hydrogens is 266 g/mol. The van der Waals surface area contributed by atoms with Gasteiger partial charge in [-0.05, 0) is 37.1 Å². The fraction of sp³-hybridized carbons (Fsp3) is 0.500. The molecule has 0 aliphatic heterocycles. The van der Waals surface area contributed by atoms with Crippen LogP contribution in [0.4, 0.5) is 0 Å². The highest BCUT2D eigenvalue weighted by Crippen LogP contribution is 2.20. The van der Waals surface area contributed by atoms with Crippen molar-refractivity contribution >= 4 is 29.3 Å². The van der Waals surface area contributed by atoms with Crippen LogP contribution < -0.4 is 5.32 Å². The van der Waals surface area contributed by atoms with E-state index in [0.717, 1.165) is 15.7 Å². The Bertz CT molecular complexity index is 378. The fourth-order valence-electron chi connectivity index (χ4n) is 1.29. The standard InChI is InChI=1S/C14H20ClNOS/c1-10(2)11(3)16-14(17)8-9-18-13-6-4-12(15)5-7-13/h4-7,10-11H,8-9H2,1-3H3,(H,16,17)/t11-/m1/s1. The summed E-state index contributed by atoms with van der Waals surface area (Å²) in [6.07, 6.45) is 0.546. The molecule has 1 aromatic carbocycles. The van der Waals surface area contributed by atoms with Crippen LogP contribution in [0.15, 0.2) is 29.2 Å². The molecule has 0 spiro atoms. The quantitative estimate of drug-likeness (QED) is 0.801. The highest BCUT2D eigenvalue weighted by Gasteiger charge is 2.10. The lowest BCUT2D eigenvalue weighted by molar-refractivity contribution is -0.121. The number of carbonyl (C=O) groups excluding carboxylic acids is 1. The number of carbonyl (C=O) groups is 1. The molecule has 1 rings (SSSR count). The summed E-state index contributed by atoms with van der Waals surface area (Å²) in [4.78, 5) is 12.8. The molecule has 0 saturated heterocycles. The van der Waals surface area contributed by atoms with Crippen molar-refractivity contribution in [2.24, 2.45) is 5.92 Å². The lowest BCUT2D eigenvalue weighted by Crippen LogP contribution is -2.36. The summed E-state index contributed by atoms with van der Waals surface area (Å²) in [7, 11) is 0. The molecule has 1 aromatic rings. The van der Waals surface area contributed by atoms with Crippen LogP contribution in [0.5, 0.6) is 0 Å². The van der Waals surface area contributed by atoms with Crippen LogP contribution in [0.2, 0.25) is 5.02 Å². The van der Waals surface area contributed by atoms with Crippen LogP contribution in [0, 0.1) is 5.92 Å². The van der Waals surface area contributed by atoms with Gasteiger partial charge in [-0.1, -0.05) is 25.4 Å². The summed E-state index contributed by atoms with van der Waals surface area (Å²) in [5.74, 6) is 1.38. The van der Waals surface area contributed by atoms with Crippen molar-refractivity contribution in [3.63, 3.8) is 0 Å². The van der Waals surface area contributed by atoms with Crippen molar-refractivity contribution in [2.75, 3.05) is 5.75 Å². The zero-order valence-corrected chi connectivity index (χ0v) is 12.6. The van der Waals surface area contributed by atoms with Gasteiger partial charge in [-0.25, -0.2) is 0 Å². The summed E-state index contributed by atoms with van der Waals surface area (Å²) < 4.78 is 0.